The van der Waals surface area contributed by atoms with E-state index < -0.39 is 11.9 Å². The fourth-order valence-electron chi connectivity index (χ4n) is 5.35. The van der Waals surface area contributed by atoms with Gasteiger partial charge in [0.25, 0.3) is 0 Å². The number of carbonyl (C=O) groups excluding carboxylic acids is 4. The van der Waals surface area contributed by atoms with Crippen molar-refractivity contribution in [3.63, 3.8) is 0 Å². The summed E-state index contributed by atoms with van der Waals surface area (Å²) in [6.07, 6.45) is 2.82. The monoisotopic (exact) mass is 631 g/mol. The summed E-state index contributed by atoms with van der Waals surface area (Å²) in [6.45, 7) is 12.0. The van der Waals surface area contributed by atoms with Gasteiger partial charge in [-0.3, -0.25) is 38.8 Å². The van der Waals surface area contributed by atoms with Crippen molar-refractivity contribution in [1.82, 2.24) is 24.9 Å². The van der Waals surface area contributed by atoms with E-state index in [4.69, 9.17) is 4.52 Å². The summed E-state index contributed by atoms with van der Waals surface area (Å²) in [5.41, 5.74) is 10.0. The van der Waals surface area contributed by atoms with E-state index in [0.717, 1.165) is 12.8 Å². The number of ketones is 2. The van der Waals surface area contributed by atoms with Gasteiger partial charge in [-0.15, -0.1) is 0 Å². The van der Waals surface area contributed by atoms with E-state index in [0.29, 0.717) is 71.7 Å². The Labute approximate surface area is 261 Å². The van der Waals surface area contributed by atoms with Crippen LogP contribution in [0.1, 0.15) is 39.5 Å². The molecule has 0 unspecified atom stereocenters. The van der Waals surface area contributed by atoms with Crippen molar-refractivity contribution in [2.45, 2.75) is 39.5 Å². The first-order valence-corrected chi connectivity index (χ1v) is 15.9. The lowest BCUT2D eigenvalue weighted by molar-refractivity contribution is -0.143. The van der Waals surface area contributed by atoms with E-state index in [1.54, 1.807) is 13.8 Å². The highest BCUT2D eigenvalue weighted by Crippen LogP contribution is 2.28. The Kier molecular flexibility index (Phi) is 17.5. The van der Waals surface area contributed by atoms with Crippen LogP contribution in [0.15, 0.2) is 23.8 Å². The average molecular weight is 632 g/mol. The van der Waals surface area contributed by atoms with Crippen molar-refractivity contribution in [3.05, 3.63) is 23.8 Å². The molecule has 1 aliphatic heterocycles. The normalized spacial score (nSPS) is 21.3. The topological polar surface area (TPSA) is 140 Å². The summed E-state index contributed by atoms with van der Waals surface area (Å²) in [5, 5.41) is 12.3. The van der Waals surface area contributed by atoms with Crippen molar-refractivity contribution in [3.8, 4) is 0 Å². The summed E-state index contributed by atoms with van der Waals surface area (Å²) in [6, 6.07) is 0. The van der Waals surface area contributed by atoms with Crippen molar-refractivity contribution in [2.75, 3.05) is 85.1 Å². The molecule has 12 nitrogen and oxygen atoms in total. The molecule has 1 saturated carbocycles. The number of nitrogens with one attached hydrogen (secondary N) is 1. The van der Waals surface area contributed by atoms with Crippen LogP contribution in [0.3, 0.4) is 0 Å². The Morgan fingerprint density at radius 1 is 0.773 bits per heavy atom. The molecule has 0 bridgehead atoms. The SMILES string of the molecule is C=C=C=C=C=POC(=O)CN1CCN(CC(C)=O)CCN(CC(C)=O)CCN(CC(=O)NCC2CCC(C(=O)O)CC2)CC1. The molecule has 0 radical (unpaired) electrons. The quantitative estimate of drug-likeness (QED) is 0.234. The number of rotatable bonds is 12. The van der Waals surface area contributed by atoms with Crippen molar-refractivity contribution >= 4 is 43.3 Å². The number of aliphatic carboxylic acids is 1. The highest BCUT2D eigenvalue weighted by atomic mass is 31.1. The third kappa shape index (κ3) is 16.1. The summed E-state index contributed by atoms with van der Waals surface area (Å²) in [7, 11) is 0.185. The molecule has 1 aliphatic carbocycles. The highest BCUT2D eigenvalue weighted by molar-refractivity contribution is 7.32. The third-order valence-electron chi connectivity index (χ3n) is 7.73. The number of amides is 1. The zero-order chi connectivity index (χ0) is 32.3. The predicted molar refractivity (Wildman–Crippen MR) is 167 cm³/mol. The van der Waals surface area contributed by atoms with Crippen LogP contribution in [-0.4, -0.2) is 145 Å². The van der Waals surface area contributed by atoms with Gasteiger partial charge in [0.1, 0.15) is 11.6 Å². The van der Waals surface area contributed by atoms with E-state index in [2.05, 4.69) is 39.4 Å². The van der Waals surface area contributed by atoms with Gasteiger partial charge in [0.15, 0.2) is 8.43 Å². The Balaban J connectivity index is 2.09. The summed E-state index contributed by atoms with van der Waals surface area (Å²) < 4.78 is 5.22. The first-order chi connectivity index (χ1) is 21.0. The Hall–Kier alpha value is -3.12. The molecule has 2 N–H and O–H groups in total. The standard InChI is InChI=1S/C31H46N5O7P/c1-4-5-6-19-44-43-30(40)24-36-17-14-34(22-26(3)38)12-11-33(21-25(2)37)13-15-35(16-18-36)23-29(39)32-20-27-7-9-28(10-8-27)31(41)42/h27-28H,1,7-18,20-24H2,2-3H3,(H,32,39)(H,41,42). The maximum Gasteiger partial charge on any atom is 0.328 e. The maximum atomic E-state index is 13.0. The van der Waals surface area contributed by atoms with Gasteiger partial charge in [-0.1, -0.05) is 5.73 Å². The maximum absolute atomic E-state index is 13.0. The first kappa shape index (κ1) is 37.1. The summed E-state index contributed by atoms with van der Waals surface area (Å²) in [5.74, 6) is -1.25. The molecule has 13 heteroatoms. The molecule has 0 aromatic carbocycles. The lowest BCUT2D eigenvalue weighted by Gasteiger charge is -2.33. The summed E-state index contributed by atoms with van der Waals surface area (Å²) >= 11 is 0. The van der Waals surface area contributed by atoms with Gasteiger partial charge in [-0.05, 0) is 63.5 Å². The minimum atomic E-state index is -0.747. The van der Waals surface area contributed by atoms with E-state index >= 15 is 0 Å². The molecule has 2 rings (SSSR count). The molecule has 2 fully saturated rings. The smallest absolute Gasteiger partial charge is 0.328 e. The van der Waals surface area contributed by atoms with Gasteiger partial charge in [0.05, 0.1) is 32.1 Å². The number of carbonyl (C=O) groups is 5. The minimum Gasteiger partial charge on any atom is -0.481 e. The largest absolute Gasteiger partial charge is 0.481 e. The number of nitrogens with zero attached hydrogens (tertiary/aromatic N) is 4. The summed E-state index contributed by atoms with van der Waals surface area (Å²) in [4.78, 5) is 68.8. The first-order valence-electron chi connectivity index (χ1n) is 15.1. The van der Waals surface area contributed by atoms with Crippen molar-refractivity contribution in [1.29, 1.82) is 0 Å². The molecule has 1 heterocycles. The zero-order valence-electron chi connectivity index (χ0n) is 26.0. The predicted octanol–water partition coefficient (Wildman–Crippen LogP) is 0.850. The fourth-order valence-corrected chi connectivity index (χ4v) is 5.66. The molecule has 1 amide bonds. The van der Waals surface area contributed by atoms with Crippen LogP contribution in [0, 0.1) is 11.8 Å². The minimum absolute atomic E-state index is 0.0269. The van der Waals surface area contributed by atoms with Crippen molar-refractivity contribution < 1.29 is 33.6 Å². The van der Waals surface area contributed by atoms with Gasteiger partial charge in [0.2, 0.25) is 5.91 Å². The number of hydrogen-bond donors (Lipinski definition) is 2. The average Bonchev–Trinajstić information content (AvgIpc) is 2.97. The van der Waals surface area contributed by atoms with Crippen LogP contribution < -0.4 is 5.32 Å². The van der Waals surface area contributed by atoms with Crippen LogP contribution in [-0.2, 0) is 28.5 Å². The molecule has 0 atom stereocenters. The molecular weight excluding hydrogens is 585 g/mol. The second-order valence-corrected chi connectivity index (χ2v) is 12.1. The third-order valence-corrected chi connectivity index (χ3v) is 8.22. The molecule has 0 spiro atoms. The Morgan fingerprint density at radius 2 is 1.25 bits per heavy atom. The lowest BCUT2D eigenvalue weighted by Crippen LogP contribution is -2.49. The number of carboxylic acid groups (broad SMARTS) is 1. The molecule has 1 saturated heterocycles. The lowest BCUT2D eigenvalue weighted by atomic mass is 9.82. The molecule has 2 aliphatic rings. The molecular formula is C31H46N5O7P. The fraction of sp³-hybridized carbons (Fsp3) is 0.677. The zero-order valence-corrected chi connectivity index (χ0v) is 26.9. The molecule has 0 aromatic rings. The van der Waals surface area contributed by atoms with E-state index in [1.807, 2.05) is 14.7 Å². The van der Waals surface area contributed by atoms with E-state index in [-0.39, 0.29) is 63.9 Å². The van der Waals surface area contributed by atoms with Crippen molar-refractivity contribution in [2.24, 2.45) is 11.8 Å². The van der Waals surface area contributed by atoms with Crippen LogP contribution in [0.25, 0.3) is 0 Å². The van der Waals surface area contributed by atoms with Gasteiger partial charge in [0, 0.05) is 64.4 Å². The van der Waals surface area contributed by atoms with E-state index in [9.17, 15) is 29.1 Å². The van der Waals surface area contributed by atoms with Gasteiger partial charge < -0.3 is 14.9 Å². The molecule has 0 aromatic heterocycles. The van der Waals surface area contributed by atoms with Crippen LogP contribution in [0.4, 0.5) is 0 Å². The second-order valence-electron chi connectivity index (χ2n) is 11.5. The molecule has 242 valence electrons. The van der Waals surface area contributed by atoms with Crippen LogP contribution >= 0.6 is 8.43 Å². The van der Waals surface area contributed by atoms with Crippen LogP contribution in [0.2, 0.25) is 0 Å². The van der Waals surface area contributed by atoms with E-state index in [1.165, 1.54) is 0 Å². The highest BCUT2D eigenvalue weighted by Gasteiger charge is 2.26. The van der Waals surface area contributed by atoms with Gasteiger partial charge in [-0.25, -0.2) is 4.79 Å². The number of Topliss-reactive ketones (excluding diaryl/α,β-unsaturated/α-hetero) is 2. The Bertz CT molecular complexity index is 1160. The second kappa shape index (κ2) is 20.8. The Morgan fingerprint density at radius 3 is 1.70 bits per heavy atom. The number of hydrogen-bond acceptors (Lipinski definition) is 10. The molecule has 44 heavy (non-hydrogen) atoms. The number of carboxylic acids is 1. The van der Waals surface area contributed by atoms with Gasteiger partial charge in [-0.2, -0.15) is 0 Å². The van der Waals surface area contributed by atoms with Gasteiger partial charge >= 0.3 is 11.9 Å². The van der Waals surface area contributed by atoms with Crippen LogP contribution in [0.5, 0.6) is 0 Å².